The normalized spacial score (nSPS) is 12.8. The Kier molecular flexibility index (Phi) is 15.4. The number of aryl methyl sites for hydroxylation is 2. The van der Waals surface area contributed by atoms with Gasteiger partial charge in [0.1, 0.15) is 0 Å². The number of unbranched alkanes of at least 4 members (excludes halogenated alkanes) is 10. The molecule has 0 radical (unpaired) electrons. The van der Waals surface area contributed by atoms with Crippen LogP contribution >= 0.6 is 90.7 Å². The Hall–Kier alpha value is -3.96. The van der Waals surface area contributed by atoms with E-state index in [-0.39, 0.29) is 5.41 Å². The van der Waals surface area contributed by atoms with E-state index in [0.29, 0.717) is 0 Å². The summed E-state index contributed by atoms with van der Waals surface area (Å²) in [5, 5.41) is 4.34. The lowest BCUT2D eigenvalue weighted by molar-refractivity contribution is 0.397. The van der Waals surface area contributed by atoms with Crippen molar-refractivity contribution in [3.63, 3.8) is 0 Å². The summed E-state index contributed by atoms with van der Waals surface area (Å²) in [6, 6.07) is 47.4. The third-order valence-electron chi connectivity index (χ3n) is 14.6. The van der Waals surface area contributed by atoms with Gasteiger partial charge in [0, 0.05) is 73.7 Å². The first-order chi connectivity index (χ1) is 34.9. The van der Waals surface area contributed by atoms with Crippen LogP contribution in [0.15, 0.2) is 132 Å². The molecule has 0 aliphatic heterocycles. The topological polar surface area (TPSA) is 0 Å². The third-order valence-corrected chi connectivity index (χ3v) is 24.1. The van der Waals surface area contributed by atoms with Gasteiger partial charge in [-0.1, -0.05) is 115 Å². The minimum atomic E-state index is 0.0328. The van der Waals surface area contributed by atoms with E-state index < -0.39 is 0 Å². The minimum absolute atomic E-state index is 0.0328. The molecule has 0 saturated heterocycles. The maximum absolute atomic E-state index is 2.66. The van der Waals surface area contributed by atoms with Crippen molar-refractivity contribution >= 4 is 90.7 Å². The molecule has 0 spiro atoms. The van der Waals surface area contributed by atoms with Gasteiger partial charge in [0.25, 0.3) is 0 Å². The third kappa shape index (κ3) is 10.3. The SMILES string of the molecule is CCCCCCCCC1(CCCCCCCC)c2cc(C)c(-c3ccc(-c4ccc(-c5ccc(-c6cccs6)s5)s4)s3)cc2-c2cc(-c3ccc(-c4ccc(-c5ccc(-c6cccs6)s5)s4)s3)c(C)cc21. The summed E-state index contributed by atoms with van der Waals surface area (Å²) < 4.78 is 0. The van der Waals surface area contributed by atoms with Crippen LogP contribution in [0.4, 0.5) is 0 Å². The Morgan fingerprint density at radius 3 is 0.930 bits per heavy atom. The van der Waals surface area contributed by atoms with Crippen molar-refractivity contribution in [1.29, 1.82) is 0 Å². The van der Waals surface area contributed by atoms with Crippen molar-refractivity contribution in [2.45, 2.75) is 123 Å². The highest BCUT2D eigenvalue weighted by atomic mass is 32.1. The second kappa shape index (κ2) is 22.3. The summed E-state index contributed by atoms with van der Waals surface area (Å²) in [4.78, 5) is 19.0. The zero-order chi connectivity index (χ0) is 48.3. The molecule has 8 aromatic heterocycles. The summed E-state index contributed by atoms with van der Waals surface area (Å²) >= 11 is 15.2. The number of hydrogen-bond acceptors (Lipinski definition) is 8. The summed E-state index contributed by atoms with van der Waals surface area (Å²) in [6.45, 7) is 9.46. The second-order valence-corrected chi connectivity index (χ2v) is 27.9. The highest BCUT2D eigenvalue weighted by Crippen LogP contribution is 2.58. The van der Waals surface area contributed by atoms with Crippen molar-refractivity contribution in [2.75, 3.05) is 0 Å². The molecule has 362 valence electrons. The standard InChI is InChI=1S/C63H62S8/c1-5-7-9-11-13-15-33-63(34-16-14-12-10-8-6-2)47-37-41(3)43(49-21-23-55(66-49)57-29-31-61(70-57)59-27-25-53(68-59)51-19-17-35-64-51)39-45(47)46-40-44(42(4)38-48(46)63)50-22-24-56(67-50)58-30-32-62(71-58)60-28-26-54(69-60)52-20-18-36-65-52/h17-32,35-40H,5-16,33-34H2,1-4H3. The Labute approximate surface area is 454 Å². The molecule has 0 fully saturated rings. The second-order valence-electron chi connectivity index (χ2n) is 19.5. The number of fused-ring (bicyclic) bond motifs is 3. The predicted molar refractivity (Wildman–Crippen MR) is 325 cm³/mol. The highest BCUT2D eigenvalue weighted by molar-refractivity contribution is 7.30. The van der Waals surface area contributed by atoms with Gasteiger partial charge in [-0.05, 0) is 179 Å². The first-order valence-electron chi connectivity index (χ1n) is 25.9. The van der Waals surface area contributed by atoms with Crippen molar-refractivity contribution in [3.05, 3.63) is 154 Å². The molecule has 10 aromatic rings. The molecular weight excluding hydrogens is 1010 g/mol. The molecule has 0 atom stereocenters. The number of thiophene rings is 8. The van der Waals surface area contributed by atoms with E-state index >= 15 is 0 Å². The summed E-state index contributed by atoms with van der Waals surface area (Å²) in [6.07, 6.45) is 18.4. The molecule has 1 aliphatic carbocycles. The van der Waals surface area contributed by atoms with Crippen molar-refractivity contribution < 1.29 is 0 Å². The monoisotopic (exact) mass is 1070 g/mol. The van der Waals surface area contributed by atoms with Crippen LogP contribution in [0, 0.1) is 13.8 Å². The Morgan fingerprint density at radius 1 is 0.310 bits per heavy atom. The molecule has 8 heterocycles. The van der Waals surface area contributed by atoms with Gasteiger partial charge < -0.3 is 0 Å². The fourth-order valence-electron chi connectivity index (χ4n) is 10.9. The number of hydrogen-bond donors (Lipinski definition) is 0. The molecule has 11 rings (SSSR count). The van der Waals surface area contributed by atoms with Crippen LogP contribution in [-0.2, 0) is 5.41 Å². The first-order valence-corrected chi connectivity index (χ1v) is 32.5. The average molecular weight is 1080 g/mol. The van der Waals surface area contributed by atoms with Gasteiger partial charge >= 0.3 is 0 Å². The fourth-order valence-corrected chi connectivity index (χ4v) is 19.1. The van der Waals surface area contributed by atoms with E-state index in [1.807, 2.05) is 90.7 Å². The van der Waals surface area contributed by atoms with Crippen LogP contribution in [0.5, 0.6) is 0 Å². The van der Waals surface area contributed by atoms with Gasteiger partial charge in [0.05, 0.1) is 0 Å². The molecule has 0 N–H and O–H groups in total. The van der Waals surface area contributed by atoms with E-state index in [9.17, 15) is 0 Å². The molecule has 0 nitrogen and oxygen atoms in total. The van der Waals surface area contributed by atoms with Gasteiger partial charge in [0.15, 0.2) is 0 Å². The largest absolute Gasteiger partial charge is 0.143 e. The van der Waals surface area contributed by atoms with Crippen LogP contribution in [0.1, 0.15) is 126 Å². The van der Waals surface area contributed by atoms with E-state index in [4.69, 9.17) is 0 Å². The smallest absolute Gasteiger partial charge is 0.0449 e. The average Bonchev–Trinajstić information content (AvgIpc) is 4.23. The molecular formula is C63H62S8. The molecule has 71 heavy (non-hydrogen) atoms. The molecule has 0 saturated carbocycles. The lowest BCUT2D eigenvalue weighted by Gasteiger charge is -2.33. The van der Waals surface area contributed by atoms with Crippen LogP contribution in [0.3, 0.4) is 0 Å². The van der Waals surface area contributed by atoms with Crippen molar-refractivity contribution in [1.82, 2.24) is 0 Å². The van der Waals surface area contributed by atoms with Crippen LogP contribution in [0.2, 0.25) is 0 Å². The van der Waals surface area contributed by atoms with Gasteiger partial charge in [-0.2, -0.15) is 0 Å². The van der Waals surface area contributed by atoms with Gasteiger partial charge in [-0.3, -0.25) is 0 Å². The van der Waals surface area contributed by atoms with Gasteiger partial charge in [-0.25, -0.2) is 0 Å². The van der Waals surface area contributed by atoms with Crippen LogP contribution < -0.4 is 0 Å². The number of rotatable bonds is 22. The Balaban J connectivity index is 0.941. The first kappa shape index (κ1) is 49.3. The Morgan fingerprint density at radius 2 is 0.606 bits per heavy atom. The van der Waals surface area contributed by atoms with Gasteiger partial charge in [0.2, 0.25) is 0 Å². The molecule has 8 heteroatoms. The maximum Gasteiger partial charge on any atom is 0.0449 e. The molecule has 1 aliphatic rings. The summed E-state index contributed by atoms with van der Waals surface area (Å²) in [7, 11) is 0. The quantitative estimate of drug-likeness (QED) is 0.0594. The zero-order valence-corrected chi connectivity index (χ0v) is 47.9. The van der Waals surface area contributed by atoms with Gasteiger partial charge in [-0.15, -0.1) is 90.7 Å². The molecule has 2 aromatic carbocycles. The van der Waals surface area contributed by atoms with Crippen molar-refractivity contribution in [3.8, 4) is 90.5 Å². The summed E-state index contributed by atoms with van der Waals surface area (Å²) in [5.41, 5.74) is 11.8. The summed E-state index contributed by atoms with van der Waals surface area (Å²) in [5.74, 6) is 0. The fraction of sp³-hybridized carbons (Fsp3) is 0.302. The van der Waals surface area contributed by atoms with Crippen LogP contribution in [-0.4, -0.2) is 0 Å². The predicted octanol–water partition coefficient (Wildman–Crippen LogP) is 23.9. The zero-order valence-electron chi connectivity index (χ0n) is 41.4. The lowest BCUT2D eigenvalue weighted by Crippen LogP contribution is -2.26. The molecule has 0 amide bonds. The van der Waals surface area contributed by atoms with E-state index in [1.165, 1.54) is 192 Å². The highest BCUT2D eigenvalue weighted by Gasteiger charge is 2.43. The molecule has 0 unspecified atom stereocenters. The van der Waals surface area contributed by atoms with E-state index in [0.717, 1.165) is 0 Å². The van der Waals surface area contributed by atoms with E-state index in [1.54, 1.807) is 11.1 Å². The maximum atomic E-state index is 2.66. The lowest BCUT2D eigenvalue weighted by atomic mass is 9.70. The Bertz CT molecular complexity index is 3110. The van der Waals surface area contributed by atoms with Crippen molar-refractivity contribution in [2.24, 2.45) is 0 Å². The molecule has 0 bridgehead atoms. The number of benzene rings is 2. The minimum Gasteiger partial charge on any atom is -0.143 e. The van der Waals surface area contributed by atoms with Crippen LogP contribution in [0.25, 0.3) is 90.5 Å². The van der Waals surface area contributed by atoms with E-state index in [2.05, 4.69) is 160 Å².